The topological polar surface area (TPSA) is 75.7 Å². The number of nitrogens with one attached hydrogen (secondary N) is 1. The smallest absolute Gasteiger partial charge is 0.264 e. The van der Waals surface area contributed by atoms with Gasteiger partial charge < -0.3 is 10.1 Å². The van der Waals surface area contributed by atoms with Crippen molar-refractivity contribution in [3.8, 4) is 5.75 Å². The van der Waals surface area contributed by atoms with Crippen LogP contribution in [0.25, 0.3) is 0 Å². The molecule has 6 nitrogen and oxygen atoms in total. The van der Waals surface area contributed by atoms with Crippen molar-refractivity contribution in [1.82, 2.24) is 0 Å². The summed E-state index contributed by atoms with van der Waals surface area (Å²) >= 11 is 6.16. The third kappa shape index (κ3) is 5.00. The Labute approximate surface area is 187 Å². The highest BCUT2D eigenvalue weighted by Crippen LogP contribution is 2.33. The van der Waals surface area contributed by atoms with Crippen LogP contribution in [0.15, 0.2) is 71.6 Å². The number of rotatable bonds is 7. The van der Waals surface area contributed by atoms with Gasteiger partial charge in [-0.2, -0.15) is 0 Å². The summed E-state index contributed by atoms with van der Waals surface area (Å²) in [5.41, 5.74) is 2.24. The first kappa shape index (κ1) is 22.7. The van der Waals surface area contributed by atoms with Crippen molar-refractivity contribution >= 4 is 38.9 Å². The second kappa shape index (κ2) is 9.41. The largest absolute Gasteiger partial charge is 0.490 e. The number of amides is 1. The van der Waals surface area contributed by atoms with Crippen LogP contribution in [0.4, 0.5) is 11.4 Å². The molecule has 0 spiro atoms. The van der Waals surface area contributed by atoms with Gasteiger partial charge in [0.25, 0.3) is 15.9 Å². The number of hydrogen-bond acceptors (Lipinski definition) is 4. The highest BCUT2D eigenvalue weighted by Gasteiger charge is 2.21. The molecule has 1 N–H and O–H groups in total. The minimum absolute atomic E-state index is 0.201. The van der Waals surface area contributed by atoms with Crippen LogP contribution in [0.5, 0.6) is 5.75 Å². The van der Waals surface area contributed by atoms with E-state index in [2.05, 4.69) is 5.32 Å². The van der Waals surface area contributed by atoms with Crippen LogP contribution >= 0.6 is 11.6 Å². The average molecular weight is 459 g/mol. The molecule has 0 unspecified atom stereocenters. The molecular weight excluding hydrogens is 436 g/mol. The molecule has 0 saturated carbocycles. The number of aryl methyl sites for hydroxylation is 1. The molecule has 31 heavy (non-hydrogen) atoms. The molecule has 0 atom stereocenters. The van der Waals surface area contributed by atoms with Crippen LogP contribution in [0.1, 0.15) is 22.8 Å². The molecule has 3 rings (SSSR count). The van der Waals surface area contributed by atoms with Gasteiger partial charge in [-0.3, -0.25) is 9.10 Å². The molecular formula is C23H23ClN2O4S. The number of ether oxygens (including phenoxy) is 1. The van der Waals surface area contributed by atoms with Gasteiger partial charge in [-0.25, -0.2) is 8.42 Å². The number of benzene rings is 3. The van der Waals surface area contributed by atoms with Crippen molar-refractivity contribution in [3.05, 3.63) is 82.9 Å². The number of hydrogen-bond donors (Lipinski definition) is 1. The van der Waals surface area contributed by atoms with Gasteiger partial charge in [0.15, 0.2) is 5.75 Å². The summed E-state index contributed by atoms with van der Waals surface area (Å²) in [5, 5.41) is 3.18. The summed E-state index contributed by atoms with van der Waals surface area (Å²) < 4.78 is 32.4. The van der Waals surface area contributed by atoms with Gasteiger partial charge >= 0.3 is 0 Å². The molecule has 3 aromatic carbocycles. The maximum atomic E-state index is 12.9. The zero-order chi connectivity index (χ0) is 22.6. The number of para-hydroxylation sites is 1. The van der Waals surface area contributed by atoms with Gasteiger partial charge in [-0.05, 0) is 62.4 Å². The normalized spacial score (nSPS) is 11.1. The monoisotopic (exact) mass is 458 g/mol. The highest BCUT2D eigenvalue weighted by atomic mass is 35.5. The lowest BCUT2D eigenvalue weighted by molar-refractivity contribution is 0.102. The third-order valence-corrected chi connectivity index (χ3v) is 6.77. The lowest BCUT2D eigenvalue weighted by Crippen LogP contribution is -2.26. The maximum absolute atomic E-state index is 12.9. The SMILES string of the molecule is CCOc1c(Cl)cccc1NC(=O)c1ccc(N(C)S(=O)(=O)c2ccc(C)cc2)cc1. The number of nitrogens with zero attached hydrogens (tertiary/aromatic N) is 1. The van der Waals surface area contributed by atoms with Crippen molar-refractivity contribution in [2.75, 3.05) is 23.3 Å². The molecule has 0 fully saturated rings. The van der Waals surface area contributed by atoms with Crippen LogP contribution in [-0.4, -0.2) is 28.0 Å². The molecule has 0 aliphatic rings. The molecule has 0 aliphatic heterocycles. The van der Waals surface area contributed by atoms with Crippen LogP contribution in [0.3, 0.4) is 0 Å². The number of halogens is 1. The number of carbonyl (C=O) groups excluding carboxylic acids is 1. The Balaban J connectivity index is 1.79. The number of anilines is 2. The molecule has 0 aliphatic carbocycles. The van der Waals surface area contributed by atoms with Crippen LogP contribution in [0, 0.1) is 6.92 Å². The molecule has 1 amide bonds. The third-order valence-electron chi connectivity index (χ3n) is 4.68. The summed E-state index contributed by atoms with van der Waals surface area (Å²) in [5.74, 6) is 0.0411. The first-order valence-corrected chi connectivity index (χ1v) is 11.4. The summed E-state index contributed by atoms with van der Waals surface area (Å²) in [6, 6.07) is 18.0. The predicted molar refractivity (Wildman–Crippen MR) is 124 cm³/mol. The van der Waals surface area contributed by atoms with E-state index in [0.717, 1.165) is 5.56 Å². The second-order valence-corrected chi connectivity index (χ2v) is 9.21. The fourth-order valence-electron chi connectivity index (χ4n) is 2.92. The lowest BCUT2D eigenvalue weighted by atomic mass is 10.2. The molecule has 162 valence electrons. The van der Waals surface area contributed by atoms with Crippen molar-refractivity contribution in [2.45, 2.75) is 18.7 Å². The average Bonchev–Trinajstić information content (AvgIpc) is 2.76. The van der Waals surface area contributed by atoms with E-state index in [9.17, 15) is 13.2 Å². The van der Waals surface area contributed by atoms with Crippen molar-refractivity contribution in [3.63, 3.8) is 0 Å². The Morgan fingerprint density at radius 3 is 2.29 bits per heavy atom. The van der Waals surface area contributed by atoms with E-state index in [0.29, 0.717) is 34.3 Å². The predicted octanol–water partition coefficient (Wildman–Crippen LogP) is 5.12. The molecule has 8 heteroatoms. The molecule has 3 aromatic rings. The van der Waals surface area contributed by atoms with Gasteiger partial charge in [-0.1, -0.05) is 35.4 Å². The molecule has 0 heterocycles. The van der Waals surface area contributed by atoms with E-state index in [1.54, 1.807) is 66.7 Å². The fourth-order valence-corrected chi connectivity index (χ4v) is 4.35. The summed E-state index contributed by atoms with van der Waals surface area (Å²) in [6.45, 7) is 4.13. The lowest BCUT2D eigenvalue weighted by Gasteiger charge is -2.20. The standard InChI is InChI=1S/C23H23ClN2O4S/c1-4-30-22-20(24)6-5-7-21(22)25-23(27)17-10-12-18(13-11-17)26(3)31(28,29)19-14-8-16(2)9-15-19/h5-15H,4H2,1-3H3,(H,25,27). The van der Waals surface area contributed by atoms with Crippen LogP contribution in [-0.2, 0) is 10.0 Å². The Kier molecular flexibility index (Phi) is 6.87. The van der Waals surface area contributed by atoms with E-state index in [4.69, 9.17) is 16.3 Å². The minimum Gasteiger partial charge on any atom is -0.490 e. The number of carbonyl (C=O) groups is 1. The first-order valence-electron chi connectivity index (χ1n) is 9.62. The Hall–Kier alpha value is -3.03. The van der Waals surface area contributed by atoms with Gasteiger partial charge in [0.05, 0.1) is 27.9 Å². The molecule has 0 bridgehead atoms. The molecule has 0 radical (unpaired) electrons. The van der Waals surface area contributed by atoms with E-state index < -0.39 is 10.0 Å². The zero-order valence-corrected chi connectivity index (χ0v) is 19.0. The quantitative estimate of drug-likeness (QED) is 0.532. The maximum Gasteiger partial charge on any atom is 0.264 e. The Morgan fingerprint density at radius 2 is 1.68 bits per heavy atom. The minimum atomic E-state index is -3.71. The van der Waals surface area contributed by atoms with Gasteiger partial charge in [-0.15, -0.1) is 0 Å². The summed E-state index contributed by atoms with van der Waals surface area (Å²) in [7, 11) is -2.23. The molecule has 0 aromatic heterocycles. The highest BCUT2D eigenvalue weighted by molar-refractivity contribution is 7.92. The van der Waals surface area contributed by atoms with Crippen molar-refractivity contribution in [2.24, 2.45) is 0 Å². The van der Waals surface area contributed by atoms with Crippen LogP contribution in [0.2, 0.25) is 5.02 Å². The van der Waals surface area contributed by atoms with Crippen molar-refractivity contribution < 1.29 is 17.9 Å². The van der Waals surface area contributed by atoms with Gasteiger partial charge in [0.2, 0.25) is 0 Å². The first-order chi connectivity index (χ1) is 14.7. The van der Waals surface area contributed by atoms with E-state index >= 15 is 0 Å². The van der Waals surface area contributed by atoms with E-state index in [1.165, 1.54) is 11.4 Å². The second-order valence-electron chi connectivity index (χ2n) is 6.84. The number of sulfonamides is 1. The van der Waals surface area contributed by atoms with E-state index in [1.807, 2.05) is 13.8 Å². The Morgan fingerprint density at radius 1 is 1.03 bits per heavy atom. The fraction of sp³-hybridized carbons (Fsp3) is 0.174. The molecule has 0 saturated heterocycles. The summed E-state index contributed by atoms with van der Waals surface area (Å²) in [4.78, 5) is 12.9. The van der Waals surface area contributed by atoms with Crippen molar-refractivity contribution in [1.29, 1.82) is 0 Å². The van der Waals surface area contributed by atoms with Gasteiger partial charge in [0.1, 0.15) is 0 Å². The Bertz CT molecular complexity index is 1180. The summed E-state index contributed by atoms with van der Waals surface area (Å²) in [6.07, 6.45) is 0. The van der Waals surface area contributed by atoms with Gasteiger partial charge in [0, 0.05) is 12.6 Å². The van der Waals surface area contributed by atoms with E-state index in [-0.39, 0.29) is 10.8 Å². The zero-order valence-electron chi connectivity index (χ0n) is 17.4. The van der Waals surface area contributed by atoms with Crippen LogP contribution < -0.4 is 14.4 Å².